The van der Waals surface area contributed by atoms with E-state index in [0.29, 0.717) is 28.6 Å². The molecule has 0 saturated carbocycles. The number of benzene rings is 2. The zero-order valence-corrected chi connectivity index (χ0v) is 18.3. The Kier molecular flexibility index (Phi) is 5.24. The third-order valence-electron chi connectivity index (χ3n) is 6.16. The van der Waals surface area contributed by atoms with Crippen LogP contribution in [0.4, 0.5) is 11.4 Å². The minimum Gasteiger partial charge on any atom is -0.497 e. The highest BCUT2D eigenvalue weighted by atomic mass is 35.5. The molecule has 0 bridgehead atoms. The lowest BCUT2D eigenvalue weighted by molar-refractivity contribution is -0.130. The van der Waals surface area contributed by atoms with E-state index in [1.54, 1.807) is 31.4 Å². The smallest absolute Gasteiger partial charge is 0.250 e. The Morgan fingerprint density at radius 1 is 1.27 bits per heavy atom. The second kappa shape index (κ2) is 7.60. The summed E-state index contributed by atoms with van der Waals surface area (Å²) in [5.41, 5.74) is 1.79. The normalized spacial score (nSPS) is 24.8. The number of amides is 2. The van der Waals surface area contributed by atoms with Gasteiger partial charge in [0.25, 0.3) is 0 Å². The maximum Gasteiger partial charge on any atom is 0.250 e. The summed E-state index contributed by atoms with van der Waals surface area (Å²) in [6.07, 6.45) is 0.554. The second-order valence-corrected chi connectivity index (χ2v) is 8.84. The molecule has 1 fully saturated rings. The number of ether oxygens (including phenoxy) is 1. The number of nitrogens with one attached hydrogen (secondary N) is 3. The quantitative estimate of drug-likeness (QED) is 0.687. The summed E-state index contributed by atoms with van der Waals surface area (Å²) in [5.74, 6) is -0.0375. The molecule has 0 radical (unpaired) electrons. The molecule has 2 heterocycles. The summed E-state index contributed by atoms with van der Waals surface area (Å²) in [6.45, 7) is 6.11. The SMILES string of the molecule is COc1ccc(NC(=O)[C@@H]2C[C@@H](C(C)C)N[C@]23C(=O)Nc2c(Cl)cc(C)cc23)cc1. The number of rotatable bonds is 4. The highest BCUT2D eigenvalue weighted by Crippen LogP contribution is 2.50. The van der Waals surface area contributed by atoms with Crippen molar-refractivity contribution in [3.05, 3.63) is 52.5 Å². The molecule has 1 saturated heterocycles. The number of methoxy groups -OCH3 is 1. The van der Waals surface area contributed by atoms with Gasteiger partial charge in [-0.2, -0.15) is 0 Å². The Bertz CT molecular complexity index is 1010. The lowest BCUT2D eigenvalue weighted by Gasteiger charge is -2.30. The zero-order chi connectivity index (χ0) is 21.6. The van der Waals surface area contributed by atoms with E-state index in [0.717, 1.165) is 11.1 Å². The van der Waals surface area contributed by atoms with Gasteiger partial charge < -0.3 is 15.4 Å². The summed E-state index contributed by atoms with van der Waals surface area (Å²) in [7, 11) is 1.59. The van der Waals surface area contributed by atoms with Crippen LogP contribution in [0.15, 0.2) is 36.4 Å². The molecule has 2 aliphatic rings. The van der Waals surface area contributed by atoms with Gasteiger partial charge in [-0.25, -0.2) is 0 Å². The molecule has 2 amide bonds. The van der Waals surface area contributed by atoms with Crippen LogP contribution >= 0.6 is 11.6 Å². The number of fused-ring (bicyclic) bond motifs is 2. The number of hydrogen-bond donors (Lipinski definition) is 3. The van der Waals surface area contributed by atoms with Crippen molar-refractivity contribution in [3.63, 3.8) is 0 Å². The molecule has 2 aliphatic heterocycles. The van der Waals surface area contributed by atoms with E-state index < -0.39 is 11.5 Å². The highest BCUT2D eigenvalue weighted by Gasteiger charge is 2.60. The topological polar surface area (TPSA) is 79.5 Å². The third-order valence-corrected chi connectivity index (χ3v) is 6.46. The summed E-state index contributed by atoms with van der Waals surface area (Å²) >= 11 is 6.43. The van der Waals surface area contributed by atoms with E-state index in [1.165, 1.54) is 0 Å². The van der Waals surface area contributed by atoms with Crippen LogP contribution in [-0.2, 0) is 15.1 Å². The summed E-state index contributed by atoms with van der Waals surface area (Å²) in [6, 6.07) is 10.9. The molecule has 0 unspecified atom stereocenters. The van der Waals surface area contributed by atoms with Gasteiger partial charge in [0.2, 0.25) is 11.8 Å². The molecule has 158 valence electrons. The first kappa shape index (κ1) is 20.7. The van der Waals surface area contributed by atoms with Gasteiger partial charge in [-0.3, -0.25) is 14.9 Å². The molecule has 4 rings (SSSR count). The van der Waals surface area contributed by atoms with Crippen LogP contribution in [0.2, 0.25) is 5.02 Å². The molecular formula is C23H26ClN3O3. The molecule has 0 aromatic heterocycles. The Balaban J connectivity index is 1.74. The number of hydrogen-bond acceptors (Lipinski definition) is 4. The number of halogens is 1. The largest absolute Gasteiger partial charge is 0.497 e. The molecule has 6 nitrogen and oxygen atoms in total. The predicted molar refractivity (Wildman–Crippen MR) is 118 cm³/mol. The fraction of sp³-hybridized carbons (Fsp3) is 0.391. The van der Waals surface area contributed by atoms with Gasteiger partial charge in [0, 0.05) is 17.3 Å². The van der Waals surface area contributed by atoms with Crippen LogP contribution in [0.3, 0.4) is 0 Å². The molecule has 1 spiro atoms. The maximum atomic E-state index is 13.4. The second-order valence-electron chi connectivity index (χ2n) is 8.43. The molecular weight excluding hydrogens is 402 g/mol. The first-order chi connectivity index (χ1) is 14.3. The molecule has 3 atom stereocenters. The van der Waals surface area contributed by atoms with Crippen molar-refractivity contribution >= 4 is 34.8 Å². The van der Waals surface area contributed by atoms with Crippen LogP contribution in [0, 0.1) is 18.8 Å². The van der Waals surface area contributed by atoms with Gasteiger partial charge in [-0.1, -0.05) is 31.5 Å². The zero-order valence-electron chi connectivity index (χ0n) is 17.5. The minimum absolute atomic E-state index is 0.0209. The van der Waals surface area contributed by atoms with Crippen molar-refractivity contribution in [1.29, 1.82) is 0 Å². The van der Waals surface area contributed by atoms with E-state index >= 15 is 0 Å². The van der Waals surface area contributed by atoms with Crippen molar-refractivity contribution in [2.24, 2.45) is 11.8 Å². The first-order valence-corrected chi connectivity index (χ1v) is 10.5. The minimum atomic E-state index is -1.14. The Morgan fingerprint density at radius 2 is 1.97 bits per heavy atom. The van der Waals surface area contributed by atoms with Gasteiger partial charge in [-0.05, 0) is 55.2 Å². The van der Waals surface area contributed by atoms with E-state index in [4.69, 9.17) is 16.3 Å². The number of carbonyl (C=O) groups excluding carboxylic acids is 2. The van der Waals surface area contributed by atoms with Crippen molar-refractivity contribution in [3.8, 4) is 5.75 Å². The van der Waals surface area contributed by atoms with Crippen molar-refractivity contribution < 1.29 is 14.3 Å². The lowest BCUT2D eigenvalue weighted by atomic mass is 9.79. The van der Waals surface area contributed by atoms with Gasteiger partial charge in [0.05, 0.1) is 23.7 Å². The first-order valence-electron chi connectivity index (χ1n) is 10.1. The van der Waals surface area contributed by atoms with Crippen LogP contribution in [-0.4, -0.2) is 25.0 Å². The van der Waals surface area contributed by atoms with E-state index in [9.17, 15) is 9.59 Å². The van der Waals surface area contributed by atoms with Crippen LogP contribution < -0.4 is 20.7 Å². The van der Waals surface area contributed by atoms with Gasteiger partial charge in [0.15, 0.2) is 0 Å². The predicted octanol–water partition coefficient (Wildman–Crippen LogP) is 4.08. The third kappa shape index (κ3) is 3.24. The lowest BCUT2D eigenvalue weighted by Crippen LogP contribution is -2.52. The molecule has 30 heavy (non-hydrogen) atoms. The van der Waals surface area contributed by atoms with Gasteiger partial charge >= 0.3 is 0 Å². The van der Waals surface area contributed by atoms with Crippen LogP contribution in [0.1, 0.15) is 31.4 Å². The van der Waals surface area contributed by atoms with E-state index in [1.807, 2.05) is 19.1 Å². The van der Waals surface area contributed by atoms with Crippen molar-refractivity contribution in [2.75, 3.05) is 17.7 Å². The average molecular weight is 428 g/mol. The van der Waals surface area contributed by atoms with Crippen LogP contribution in [0.25, 0.3) is 0 Å². The van der Waals surface area contributed by atoms with Crippen molar-refractivity contribution in [2.45, 2.75) is 38.8 Å². The average Bonchev–Trinajstić information content (AvgIpc) is 3.24. The van der Waals surface area contributed by atoms with Gasteiger partial charge in [-0.15, -0.1) is 0 Å². The molecule has 3 N–H and O–H groups in total. The summed E-state index contributed by atoms with van der Waals surface area (Å²) in [4.78, 5) is 26.7. The standard InChI is InChI=1S/C23H26ClN3O3/c1-12(2)19-11-17(21(28)25-14-5-7-15(30-4)8-6-14)23(27-19)16-9-13(3)10-18(24)20(16)26-22(23)29/h5-10,12,17,19,27H,11H2,1-4H3,(H,25,28)(H,26,29)/t17-,19-,23-/m0/s1. The fourth-order valence-electron chi connectivity index (χ4n) is 4.53. The van der Waals surface area contributed by atoms with E-state index in [2.05, 4.69) is 29.8 Å². The Labute approximate surface area is 181 Å². The number of aryl methyl sites for hydroxylation is 1. The molecule has 0 aliphatic carbocycles. The molecule has 2 aromatic rings. The number of anilines is 2. The highest BCUT2D eigenvalue weighted by molar-refractivity contribution is 6.35. The maximum absolute atomic E-state index is 13.4. The molecule has 7 heteroatoms. The van der Waals surface area contributed by atoms with E-state index in [-0.39, 0.29) is 23.8 Å². The van der Waals surface area contributed by atoms with Crippen molar-refractivity contribution in [1.82, 2.24) is 5.32 Å². The molecule has 2 aromatic carbocycles. The van der Waals surface area contributed by atoms with Crippen LogP contribution in [0.5, 0.6) is 5.75 Å². The fourth-order valence-corrected chi connectivity index (χ4v) is 4.85. The Morgan fingerprint density at radius 3 is 2.60 bits per heavy atom. The monoisotopic (exact) mass is 427 g/mol. The van der Waals surface area contributed by atoms with Gasteiger partial charge in [0.1, 0.15) is 11.3 Å². The number of carbonyl (C=O) groups is 2. The summed E-state index contributed by atoms with van der Waals surface area (Å²) in [5, 5.41) is 9.89. The summed E-state index contributed by atoms with van der Waals surface area (Å²) < 4.78 is 5.18. The Hall–Kier alpha value is -2.57.